The van der Waals surface area contributed by atoms with Crippen LogP contribution < -0.4 is 19.8 Å². The lowest BCUT2D eigenvalue weighted by atomic mass is 9.95. The molecule has 1 amide bonds. The van der Waals surface area contributed by atoms with Gasteiger partial charge in [-0.05, 0) is 49.9 Å². The summed E-state index contributed by atoms with van der Waals surface area (Å²) in [5.74, 6) is 0.404. The first-order valence-corrected chi connectivity index (χ1v) is 11.8. The summed E-state index contributed by atoms with van der Waals surface area (Å²) in [5.41, 5.74) is 1.54. The van der Waals surface area contributed by atoms with E-state index in [9.17, 15) is 13.2 Å². The van der Waals surface area contributed by atoms with Crippen molar-refractivity contribution in [3.8, 4) is 5.75 Å². The van der Waals surface area contributed by atoms with E-state index in [1.54, 1.807) is 19.2 Å². The van der Waals surface area contributed by atoms with E-state index < -0.39 is 10.0 Å². The van der Waals surface area contributed by atoms with Crippen molar-refractivity contribution in [2.75, 3.05) is 11.3 Å². The lowest BCUT2D eigenvalue weighted by Gasteiger charge is -2.22. The van der Waals surface area contributed by atoms with Gasteiger partial charge in [0.15, 0.2) is 6.61 Å². The summed E-state index contributed by atoms with van der Waals surface area (Å²) < 4.78 is 33.8. The summed E-state index contributed by atoms with van der Waals surface area (Å²) >= 11 is 6.21. The molecule has 0 aliphatic heterocycles. The standard InChI is InChI=1S/C21H26ClN3O4S/c1-14-8-9-23-20(10-14)25-30(27,28)19-12-18(15(2)11-17(19)22)29-13-21(26)24-16-6-4-3-5-7-16/h8-12,16H,3-7,13H2,1-2H3,(H,23,25)(H,24,26)/p+1. The summed E-state index contributed by atoms with van der Waals surface area (Å²) in [4.78, 5) is 14.9. The lowest BCUT2D eigenvalue weighted by Crippen LogP contribution is -2.39. The molecule has 1 aliphatic carbocycles. The largest absolute Gasteiger partial charge is 0.483 e. The van der Waals surface area contributed by atoms with E-state index in [2.05, 4.69) is 15.0 Å². The molecule has 1 saturated carbocycles. The van der Waals surface area contributed by atoms with Gasteiger partial charge in [-0.3, -0.25) is 4.79 Å². The highest BCUT2D eigenvalue weighted by atomic mass is 35.5. The van der Waals surface area contributed by atoms with Gasteiger partial charge in [-0.1, -0.05) is 30.9 Å². The number of carbonyl (C=O) groups excluding carboxylic acids is 1. The van der Waals surface area contributed by atoms with E-state index >= 15 is 0 Å². The number of aromatic amines is 1. The molecule has 0 radical (unpaired) electrons. The van der Waals surface area contributed by atoms with Crippen molar-refractivity contribution < 1.29 is 22.9 Å². The van der Waals surface area contributed by atoms with Gasteiger partial charge in [0.25, 0.3) is 11.7 Å². The maximum Gasteiger partial charge on any atom is 0.330 e. The maximum atomic E-state index is 12.8. The van der Waals surface area contributed by atoms with E-state index in [0.29, 0.717) is 17.1 Å². The zero-order valence-electron chi connectivity index (χ0n) is 17.1. The second-order valence-electron chi connectivity index (χ2n) is 7.62. The number of carbonyl (C=O) groups is 1. The highest BCUT2D eigenvalue weighted by Gasteiger charge is 2.25. The first kappa shape index (κ1) is 22.4. The smallest absolute Gasteiger partial charge is 0.330 e. The fraction of sp³-hybridized carbons (Fsp3) is 0.429. The summed E-state index contributed by atoms with van der Waals surface area (Å²) in [6.45, 7) is 3.42. The van der Waals surface area contributed by atoms with Crippen molar-refractivity contribution in [1.29, 1.82) is 0 Å². The Morgan fingerprint density at radius 3 is 2.63 bits per heavy atom. The molecule has 1 aliphatic rings. The zero-order valence-corrected chi connectivity index (χ0v) is 18.7. The van der Waals surface area contributed by atoms with Gasteiger partial charge in [-0.15, -0.1) is 0 Å². The molecule has 1 aromatic heterocycles. The minimum Gasteiger partial charge on any atom is -0.483 e. The number of rotatable bonds is 7. The third kappa shape index (κ3) is 5.86. The summed E-state index contributed by atoms with van der Waals surface area (Å²) in [5, 5.41) is 3.05. The van der Waals surface area contributed by atoms with Crippen LogP contribution in [0, 0.1) is 13.8 Å². The number of benzene rings is 1. The third-order valence-corrected chi connectivity index (χ3v) is 6.88. The zero-order chi connectivity index (χ0) is 21.7. The van der Waals surface area contributed by atoms with E-state index in [1.165, 1.54) is 18.6 Å². The number of aryl methyl sites for hydroxylation is 2. The molecule has 0 spiro atoms. The van der Waals surface area contributed by atoms with E-state index in [1.807, 2.05) is 13.0 Å². The normalized spacial score (nSPS) is 14.9. The van der Waals surface area contributed by atoms with Crippen molar-refractivity contribution in [3.63, 3.8) is 0 Å². The number of hydrogen-bond donors (Lipinski definition) is 2. The second kappa shape index (κ2) is 9.66. The van der Waals surface area contributed by atoms with Gasteiger partial charge >= 0.3 is 10.0 Å². The van der Waals surface area contributed by atoms with E-state index in [4.69, 9.17) is 16.3 Å². The molecule has 1 heterocycles. The number of ether oxygens (including phenoxy) is 1. The molecular weight excluding hydrogens is 426 g/mol. The molecule has 0 atom stereocenters. The highest BCUT2D eigenvalue weighted by molar-refractivity contribution is 7.92. The number of anilines is 1. The molecule has 9 heteroatoms. The quantitative estimate of drug-likeness (QED) is 0.672. The molecule has 0 unspecified atom stereocenters. The van der Waals surface area contributed by atoms with Crippen LogP contribution in [-0.4, -0.2) is 27.0 Å². The van der Waals surface area contributed by atoms with Crippen LogP contribution in [0.1, 0.15) is 43.2 Å². The fourth-order valence-corrected chi connectivity index (χ4v) is 5.11. The summed E-state index contributed by atoms with van der Waals surface area (Å²) in [6.07, 6.45) is 7.05. The number of nitrogens with one attached hydrogen (secondary N) is 3. The maximum absolute atomic E-state index is 12.8. The minimum absolute atomic E-state index is 0.0756. The second-order valence-corrected chi connectivity index (χ2v) is 9.68. The first-order valence-electron chi connectivity index (χ1n) is 9.98. The molecule has 2 aromatic rings. The molecule has 3 N–H and O–H groups in total. The Kier molecular flexibility index (Phi) is 7.20. The van der Waals surface area contributed by atoms with Crippen molar-refractivity contribution in [1.82, 2.24) is 5.32 Å². The van der Waals surface area contributed by atoms with Gasteiger partial charge in [0.2, 0.25) is 0 Å². The Bertz CT molecular complexity index is 1020. The third-order valence-electron chi connectivity index (χ3n) is 5.05. The predicted octanol–water partition coefficient (Wildman–Crippen LogP) is 3.40. The Hall–Kier alpha value is -2.32. The van der Waals surface area contributed by atoms with Crippen LogP contribution in [0.4, 0.5) is 5.82 Å². The van der Waals surface area contributed by atoms with Gasteiger partial charge in [-0.2, -0.15) is 13.1 Å². The van der Waals surface area contributed by atoms with Gasteiger partial charge in [0.05, 0.1) is 11.2 Å². The molecule has 7 nitrogen and oxygen atoms in total. The van der Waals surface area contributed by atoms with E-state index in [0.717, 1.165) is 31.2 Å². The number of amides is 1. The van der Waals surface area contributed by atoms with Gasteiger partial charge in [0.1, 0.15) is 10.6 Å². The number of H-pyrrole nitrogens is 1. The van der Waals surface area contributed by atoms with Crippen LogP contribution in [-0.2, 0) is 14.8 Å². The monoisotopic (exact) mass is 452 g/mol. The fourth-order valence-electron chi connectivity index (χ4n) is 3.49. The number of hydrogen-bond acceptors (Lipinski definition) is 4. The van der Waals surface area contributed by atoms with Crippen molar-refractivity contribution in [3.05, 3.63) is 46.6 Å². The van der Waals surface area contributed by atoms with Crippen LogP contribution in [0.5, 0.6) is 5.75 Å². The van der Waals surface area contributed by atoms with E-state index in [-0.39, 0.29) is 28.5 Å². The SMILES string of the molecule is Cc1cc[nH+]c(NS(=O)(=O)c2cc(OCC(=O)NC3CCCCC3)c(C)cc2Cl)c1. The van der Waals surface area contributed by atoms with Crippen LogP contribution in [0.3, 0.4) is 0 Å². The van der Waals surface area contributed by atoms with Gasteiger partial charge in [-0.25, -0.2) is 4.98 Å². The van der Waals surface area contributed by atoms with Crippen LogP contribution in [0.2, 0.25) is 5.02 Å². The number of aromatic nitrogens is 1. The van der Waals surface area contributed by atoms with Crippen molar-refractivity contribution in [2.24, 2.45) is 0 Å². The summed E-state index contributed by atoms with van der Waals surface area (Å²) in [6, 6.07) is 6.55. The van der Waals surface area contributed by atoms with Gasteiger partial charge in [0, 0.05) is 18.2 Å². The molecule has 30 heavy (non-hydrogen) atoms. The molecule has 0 saturated heterocycles. The lowest BCUT2D eigenvalue weighted by molar-refractivity contribution is -0.360. The van der Waals surface area contributed by atoms with Crippen LogP contribution in [0.25, 0.3) is 0 Å². The Morgan fingerprint density at radius 1 is 1.20 bits per heavy atom. The average molecular weight is 453 g/mol. The first-order chi connectivity index (χ1) is 14.2. The number of halogens is 1. The average Bonchev–Trinajstić information content (AvgIpc) is 2.67. The molecule has 162 valence electrons. The molecule has 0 bridgehead atoms. The molecule has 1 aromatic carbocycles. The Morgan fingerprint density at radius 2 is 1.93 bits per heavy atom. The number of pyridine rings is 1. The Balaban J connectivity index is 1.72. The van der Waals surface area contributed by atoms with Crippen LogP contribution >= 0.6 is 11.6 Å². The summed E-state index contributed by atoms with van der Waals surface area (Å²) in [7, 11) is -3.96. The molecular formula is C21H27ClN3O4S+. The van der Waals surface area contributed by atoms with Crippen molar-refractivity contribution in [2.45, 2.75) is 56.9 Å². The van der Waals surface area contributed by atoms with Crippen LogP contribution in [0.15, 0.2) is 35.4 Å². The topological polar surface area (TPSA) is 98.6 Å². The minimum atomic E-state index is -3.96. The Labute approximate surface area is 182 Å². The number of sulfonamides is 1. The highest BCUT2D eigenvalue weighted by Crippen LogP contribution is 2.31. The molecule has 3 rings (SSSR count). The predicted molar refractivity (Wildman–Crippen MR) is 115 cm³/mol. The molecule has 1 fully saturated rings. The van der Waals surface area contributed by atoms with Gasteiger partial charge < -0.3 is 10.1 Å². The van der Waals surface area contributed by atoms with Crippen molar-refractivity contribution >= 4 is 33.3 Å².